The van der Waals surface area contributed by atoms with E-state index in [4.69, 9.17) is 4.74 Å². The number of ether oxygens (including phenoxy) is 1. The van der Waals surface area contributed by atoms with Crippen molar-refractivity contribution < 1.29 is 14.2 Å². The maximum absolute atomic E-state index is 13.7. The van der Waals surface area contributed by atoms with Gasteiger partial charge in [-0.25, -0.2) is 4.39 Å². The topological polar surface area (TPSA) is 29.5 Å². The summed E-state index contributed by atoms with van der Waals surface area (Å²) in [5.41, 5.74) is 3.69. The van der Waals surface area contributed by atoms with Crippen molar-refractivity contribution in [1.29, 1.82) is 0 Å². The molecule has 2 aromatic rings. The molecule has 2 nitrogen and oxygen atoms in total. The standard InChI is InChI=1S/C18H19FO2/c1-11-8-18(16(12(2)20)10-17(11)19)21-15-7-6-13-4-3-5-14(13)9-15/h6-10,12,20H,3-5H2,1-2H3/t12-/m1/s1. The zero-order valence-electron chi connectivity index (χ0n) is 12.3. The van der Waals surface area contributed by atoms with E-state index in [2.05, 4.69) is 6.07 Å². The third-order valence-electron chi connectivity index (χ3n) is 4.04. The Labute approximate surface area is 124 Å². The summed E-state index contributed by atoms with van der Waals surface area (Å²) in [5.74, 6) is 0.928. The minimum atomic E-state index is -0.774. The Balaban J connectivity index is 1.95. The molecular formula is C18H19FO2. The number of fused-ring (bicyclic) bond motifs is 1. The van der Waals surface area contributed by atoms with Crippen molar-refractivity contribution in [2.75, 3.05) is 0 Å². The highest BCUT2D eigenvalue weighted by atomic mass is 19.1. The molecule has 2 aromatic carbocycles. The molecule has 3 heteroatoms. The SMILES string of the molecule is Cc1cc(Oc2ccc3c(c2)CCC3)c([C@@H](C)O)cc1F. The third kappa shape index (κ3) is 2.79. The first kappa shape index (κ1) is 14.1. The molecule has 21 heavy (non-hydrogen) atoms. The molecule has 0 saturated carbocycles. The van der Waals surface area contributed by atoms with Crippen LogP contribution in [0.3, 0.4) is 0 Å². The van der Waals surface area contributed by atoms with Crippen LogP contribution in [-0.2, 0) is 12.8 Å². The van der Waals surface area contributed by atoms with Gasteiger partial charge in [0, 0.05) is 5.56 Å². The third-order valence-corrected chi connectivity index (χ3v) is 4.04. The van der Waals surface area contributed by atoms with Gasteiger partial charge >= 0.3 is 0 Å². The van der Waals surface area contributed by atoms with Gasteiger partial charge in [0.05, 0.1) is 6.10 Å². The Hall–Kier alpha value is -1.87. The second-order valence-corrected chi connectivity index (χ2v) is 5.70. The fourth-order valence-corrected chi connectivity index (χ4v) is 2.82. The number of aryl methyl sites for hydroxylation is 3. The lowest BCUT2D eigenvalue weighted by Crippen LogP contribution is -1.99. The van der Waals surface area contributed by atoms with Gasteiger partial charge in [0.1, 0.15) is 17.3 Å². The van der Waals surface area contributed by atoms with Gasteiger partial charge in [-0.15, -0.1) is 0 Å². The van der Waals surface area contributed by atoms with Crippen molar-refractivity contribution in [3.63, 3.8) is 0 Å². The summed E-state index contributed by atoms with van der Waals surface area (Å²) in [7, 11) is 0. The molecule has 0 aliphatic heterocycles. The molecule has 0 fully saturated rings. The van der Waals surface area contributed by atoms with Gasteiger partial charge in [-0.2, -0.15) is 0 Å². The summed E-state index contributed by atoms with van der Waals surface area (Å²) in [6.07, 6.45) is 2.63. The van der Waals surface area contributed by atoms with Crippen molar-refractivity contribution in [1.82, 2.24) is 0 Å². The van der Waals surface area contributed by atoms with Crippen LogP contribution in [0.1, 0.15) is 41.7 Å². The maximum Gasteiger partial charge on any atom is 0.133 e. The fraction of sp³-hybridized carbons (Fsp3) is 0.333. The Bertz CT molecular complexity index is 677. The van der Waals surface area contributed by atoms with E-state index in [9.17, 15) is 9.50 Å². The van der Waals surface area contributed by atoms with E-state index in [1.807, 2.05) is 12.1 Å². The molecule has 110 valence electrons. The van der Waals surface area contributed by atoms with Crippen molar-refractivity contribution in [2.45, 2.75) is 39.2 Å². The number of aliphatic hydroxyl groups excluding tert-OH is 1. The average Bonchev–Trinajstić information content (AvgIpc) is 2.89. The lowest BCUT2D eigenvalue weighted by atomic mass is 10.1. The highest BCUT2D eigenvalue weighted by Gasteiger charge is 2.15. The van der Waals surface area contributed by atoms with E-state index in [0.717, 1.165) is 18.6 Å². The van der Waals surface area contributed by atoms with Crippen LogP contribution in [0, 0.1) is 12.7 Å². The second kappa shape index (κ2) is 5.49. The summed E-state index contributed by atoms with van der Waals surface area (Å²) in [6.45, 7) is 3.30. The van der Waals surface area contributed by atoms with Crippen LogP contribution in [-0.4, -0.2) is 5.11 Å². The van der Waals surface area contributed by atoms with Gasteiger partial charge in [0.2, 0.25) is 0 Å². The predicted octanol–water partition coefficient (Wildman–Crippen LogP) is 4.47. The van der Waals surface area contributed by atoms with Gasteiger partial charge in [-0.3, -0.25) is 0 Å². The van der Waals surface area contributed by atoms with Crippen LogP contribution in [0.4, 0.5) is 4.39 Å². The summed E-state index contributed by atoms with van der Waals surface area (Å²) in [6, 6.07) is 9.07. The average molecular weight is 286 g/mol. The summed E-state index contributed by atoms with van der Waals surface area (Å²) in [5, 5.41) is 9.81. The Morgan fingerprint density at radius 1 is 1.14 bits per heavy atom. The van der Waals surface area contributed by atoms with Gasteiger partial charge in [0.25, 0.3) is 0 Å². The van der Waals surface area contributed by atoms with E-state index < -0.39 is 6.10 Å². The minimum Gasteiger partial charge on any atom is -0.457 e. The summed E-state index contributed by atoms with van der Waals surface area (Å²) >= 11 is 0. The number of rotatable bonds is 3. The highest BCUT2D eigenvalue weighted by molar-refractivity contribution is 5.45. The summed E-state index contributed by atoms with van der Waals surface area (Å²) in [4.78, 5) is 0. The number of hydrogen-bond acceptors (Lipinski definition) is 2. The number of halogens is 1. The number of aliphatic hydroxyl groups is 1. The van der Waals surface area contributed by atoms with Crippen LogP contribution in [0.5, 0.6) is 11.5 Å². The van der Waals surface area contributed by atoms with E-state index in [-0.39, 0.29) is 5.82 Å². The molecule has 0 heterocycles. The molecule has 0 bridgehead atoms. The normalized spacial score (nSPS) is 14.9. The lowest BCUT2D eigenvalue weighted by molar-refractivity contribution is 0.195. The minimum absolute atomic E-state index is 0.327. The molecule has 0 spiro atoms. The van der Waals surface area contributed by atoms with Gasteiger partial charge in [-0.1, -0.05) is 6.07 Å². The molecule has 0 radical (unpaired) electrons. The van der Waals surface area contributed by atoms with Crippen LogP contribution in [0.15, 0.2) is 30.3 Å². The van der Waals surface area contributed by atoms with Gasteiger partial charge < -0.3 is 9.84 Å². The van der Waals surface area contributed by atoms with E-state index >= 15 is 0 Å². The molecule has 1 N–H and O–H groups in total. The van der Waals surface area contributed by atoms with Crippen LogP contribution >= 0.6 is 0 Å². The molecule has 0 saturated heterocycles. The predicted molar refractivity (Wildman–Crippen MR) is 80.3 cm³/mol. The molecule has 0 aromatic heterocycles. The molecule has 0 unspecified atom stereocenters. The molecule has 1 aliphatic rings. The molecule has 1 atom stereocenters. The van der Waals surface area contributed by atoms with Crippen LogP contribution in [0.25, 0.3) is 0 Å². The first-order chi connectivity index (χ1) is 10.0. The zero-order valence-corrected chi connectivity index (χ0v) is 12.3. The molecular weight excluding hydrogens is 267 g/mol. The first-order valence-electron chi connectivity index (χ1n) is 7.32. The molecule has 1 aliphatic carbocycles. The largest absolute Gasteiger partial charge is 0.457 e. The Morgan fingerprint density at radius 2 is 1.90 bits per heavy atom. The van der Waals surface area contributed by atoms with Crippen molar-refractivity contribution in [2.24, 2.45) is 0 Å². The lowest BCUT2D eigenvalue weighted by Gasteiger charge is -2.15. The smallest absolute Gasteiger partial charge is 0.133 e. The quantitative estimate of drug-likeness (QED) is 0.902. The molecule has 3 rings (SSSR count). The number of hydrogen-bond donors (Lipinski definition) is 1. The second-order valence-electron chi connectivity index (χ2n) is 5.70. The first-order valence-corrected chi connectivity index (χ1v) is 7.32. The van der Waals surface area contributed by atoms with Crippen molar-refractivity contribution >= 4 is 0 Å². The van der Waals surface area contributed by atoms with Crippen LogP contribution in [0.2, 0.25) is 0 Å². The Kier molecular flexibility index (Phi) is 3.68. The van der Waals surface area contributed by atoms with Gasteiger partial charge in [-0.05, 0) is 74.1 Å². The fourth-order valence-electron chi connectivity index (χ4n) is 2.82. The van der Waals surface area contributed by atoms with E-state index in [1.165, 1.54) is 23.6 Å². The van der Waals surface area contributed by atoms with Gasteiger partial charge in [0.15, 0.2) is 0 Å². The monoisotopic (exact) mass is 286 g/mol. The van der Waals surface area contributed by atoms with Crippen molar-refractivity contribution in [3.05, 3.63) is 58.4 Å². The summed E-state index contributed by atoms with van der Waals surface area (Å²) < 4.78 is 19.6. The van der Waals surface area contributed by atoms with Crippen LogP contribution < -0.4 is 4.74 Å². The number of benzene rings is 2. The van der Waals surface area contributed by atoms with Crippen molar-refractivity contribution in [3.8, 4) is 11.5 Å². The Morgan fingerprint density at radius 3 is 2.67 bits per heavy atom. The maximum atomic E-state index is 13.7. The zero-order chi connectivity index (χ0) is 15.0. The van der Waals surface area contributed by atoms with E-state index in [1.54, 1.807) is 19.9 Å². The molecule has 0 amide bonds. The highest BCUT2D eigenvalue weighted by Crippen LogP contribution is 2.34. The van der Waals surface area contributed by atoms with E-state index in [0.29, 0.717) is 16.9 Å².